The van der Waals surface area contributed by atoms with E-state index in [1.807, 2.05) is 6.07 Å². The minimum Gasteiger partial charge on any atom is -0.475 e. The molecule has 0 N–H and O–H groups in total. The standard InChI is InChI=1S/C11H12O3/c1-8(12)11(9(2)13)14-10-6-4-3-5-7-10/h3-7,11H,1-2H3. The third kappa shape index (κ3) is 2.69. The SMILES string of the molecule is CC(=O)C(Oc1ccccc1)C(C)=O. The molecule has 0 heterocycles. The smallest absolute Gasteiger partial charge is 0.214 e. The second kappa shape index (κ2) is 4.56. The molecule has 0 aliphatic carbocycles. The Morgan fingerprint density at radius 2 is 1.57 bits per heavy atom. The summed E-state index contributed by atoms with van der Waals surface area (Å²) in [5.41, 5.74) is 0. The lowest BCUT2D eigenvalue weighted by atomic mass is 10.2. The first kappa shape index (κ1) is 10.4. The Morgan fingerprint density at radius 1 is 1.07 bits per heavy atom. The van der Waals surface area contributed by atoms with Crippen LogP contribution in [0.4, 0.5) is 0 Å². The van der Waals surface area contributed by atoms with E-state index in [2.05, 4.69) is 0 Å². The van der Waals surface area contributed by atoms with Crippen molar-refractivity contribution in [2.75, 3.05) is 0 Å². The van der Waals surface area contributed by atoms with Gasteiger partial charge in [0, 0.05) is 0 Å². The molecule has 1 aromatic rings. The van der Waals surface area contributed by atoms with Gasteiger partial charge < -0.3 is 4.74 Å². The number of rotatable bonds is 4. The Hall–Kier alpha value is -1.64. The number of carbonyl (C=O) groups is 2. The molecule has 0 aromatic heterocycles. The fourth-order valence-electron chi connectivity index (χ4n) is 1.09. The van der Waals surface area contributed by atoms with E-state index in [1.54, 1.807) is 24.3 Å². The normalized spacial score (nSPS) is 9.93. The van der Waals surface area contributed by atoms with Crippen LogP contribution in [0.3, 0.4) is 0 Å². The summed E-state index contributed by atoms with van der Waals surface area (Å²) in [5, 5.41) is 0. The Kier molecular flexibility index (Phi) is 3.40. The average molecular weight is 192 g/mol. The largest absolute Gasteiger partial charge is 0.475 e. The van der Waals surface area contributed by atoms with Crippen molar-refractivity contribution < 1.29 is 14.3 Å². The predicted octanol–water partition coefficient (Wildman–Crippen LogP) is 1.61. The van der Waals surface area contributed by atoms with Gasteiger partial charge in [0.15, 0.2) is 11.6 Å². The minimum absolute atomic E-state index is 0.277. The summed E-state index contributed by atoms with van der Waals surface area (Å²) >= 11 is 0. The summed E-state index contributed by atoms with van der Waals surface area (Å²) in [7, 11) is 0. The Morgan fingerprint density at radius 3 is 2.00 bits per heavy atom. The van der Waals surface area contributed by atoms with Gasteiger partial charge in [-0.25, -0.2) is 0 Å². The highest BCUT2D eigenvalue weighted by molar-refractivity contribution is 6.03. The first-order valence-corrected chi connectivity index (χ1v) is 4.34. The molecular formula is C11H12O3. The minimum atomic E-state index is -0.975. The van der Waals surface area contributed by atoms with Crippen molar-refractivity contribution in [1.82, 2.24) is 0 Å². The number of benzene rings is 1. The molecule has 0 saturated carbocycles. The lowest BCUT2D eigenvalue weighted by molar-refractivity contribution is -0.134. The van der Waals surface area contributed by atoms with Gasteiger partial charge in [-0.2, -0.15) is 0 Å². The molecule has 1 aromatic carbocycles. The molecule has 74 valence electrons. The fourth-order valence-corrected chi connectivity index (χ4v) is 1.09. The second-order valence-electron chi connectivity index (χ2n) is 3.03. The first-order chi connectivity index (χ1) is 6.61. The van der Waals surface area contributed by atoms with E-state index in [0.717, 1.165) is 0 Å². The van der Waals surface area contributed by atoms with Crippen LogP contribution >= 0.6 is 0 Å². The van der Waals surface area contributed by atoms with Crippen LogP contribution in [0, 0.1) is 0 Å². The van der Waals surface area contributed by atoms with E-state index >= 15 is 0 Å². The first-order valence-electron chi connectivity index (χ1n) is 4.34. The highest BCUT2D eigenvalue weighted by atomic mass is 16.5. The molecule has 14 heavy (non-hydrogen) atoms. The van der Waals surface area contributed by atoms with Crippen LogP contribution in [0.1, 0.15) is 13.8 Å². The molecule has 0 aliphatic rings. The lowest BCUT2D eigenvalue weighted by Gasteiger charge is -2.12. The maximum Gasteiger partial charge on any atom is 0.214 e. The number of carbonyl (C=O) groups excluding carboxylic acids is 2. The van der Waals surface area contributed by atoms with Crippen LogP contribution in [-0.2, 0) is 9.59 Å². The van der Waals surface area contributed by atoms with Gasteiger partial charge in [-0.3, -0.25) is 9.59 Å². The Labute approximate surface area is 82.7 Å². The van der Waals surface area contributed by atoms with Crippen molar-refractivity contribution in [1.29, 1.82) is 0 Å². The van der Waals surface area contributed by atoms with Crippen molar-refractivity contribution >= 4 is 11.6 Å². The maximum absolute atomic E-state index is 11.0. The van der Waals surface area contributed by atoms with Crippen molar-refractivity contribution in [3.8, 4) is 5.75 Å². The fraction of sp³-hybridized carbons (Fsp3) is 0.273. The molecule has 0 bridgehead atoms. The molecule has 3 nitrogen and oxygen atoms in total. The third-order valence-corrected chi connectivity index (χ3v) is 1.74. The lowest BCUT2D eigenvalue weighted by Crippen LogP contribution is -2.32. The Balaban J connectivity index is 2.75. The molecule has 0 radical (unpaired) electrons. The van der Waals surface area contributed by atoms with Gasteiger partial charge in [0.2, 0.25) is 6.10 Å². The number of ketones is 2. The molecule has 0 saturated heterocycles. The van der Waals surface area contributed by atoms with Gasteiger partial charge in [-0.1, -0.05) is 18.2 Å². The van der Waals surface area contributed by atoms with Gasteiger partial charge in [0.05, 0.1) is 0 Å². The number of hydrogen-bond donors (Lipinski definition) is 0. The van der Waals surface area contributed by atoms with E-state index in [1.165, 1.54) is 13.8 Å². The Bertz CT molecular complexity index is 316. The summed E-state index contributed by atoms with van der Waals surface area (Å²) in [5.74, 6) is -0.0226. The molecule has 3 heteroatoms. The van der Waals surface area contributed by atoms with Crippen LogP contribution in [0.2, 0.25) is 0 Å². The highest BCUT2D eigenvalue weighted by Crippen LogP contribution is 2.11. The van der Waals surface area contributed by atoms with Crippen molar-refractivity contribution in [2.45, 2.75) is 20.0 Å². The van der Waals surface area contributed by atoms with E-state index in [-0.39, 0.29) is 11.6 Å². The van der Waals surface area contributed by atoms with Gasteiger partial charge in [-0.15, -0.1) is 0 Å². The summed E-state index contributed by atoms with van der Waals surface area (Å²) in [6.07, 6.45) is -0.975. The highest BCUT2D eigenvalue weighted by Gasteiger charge is 2.20. The van der Waals surface area contributed by atoms with Crippen LogP contribution < -0.4 is 4.74 Å². The molecule has 0 amide bonds. The predicted molar refractivity (Wildman–Crippen MR) is 52.2 cm³/mol. The molecular weight excluding hydrogens is 180 g/mol. The van der Waals surface area contributed by atoms with Crippen LogP contribution in [0.15, 0.2) is 30.3 Å². The van der Waals surface area contributed by atoms with Gasteiger partial charge in [-0.05, 0) is 26.0 Å². The summed E-state index contributed by atoms with van der Waals surface area (Å²) in [4.78, 5) is 22.1. The van der Waals surface area contributed by atoms with E-state index in [9.17, 15) is 9.59 Å². The quantitative estimate of drug-likeness (QED) is 0.681. The van der Waals surface area contributed by atoms with Crippen LogP contribution in [0.25, 0.3) is 0 Å². The topological polar surface area (TPSA) is 43.4 Å². The van der Waals surface area contributed by atoms with Crippen molar-refractivity contribution in [3.63, 3.8) is 0 Å². The van der Waals surface area contributed by atoms with E-state index < -0.39 is 6.10 Å². The summed E-state index contributed by atoms with van der Waals surface area (Å²) in [6.45, 7) is 2.68. The van der Waals surface area contributed by atoms with E-state index in [4.69, 9.17) is 4.74 Å². The molecule has 0 spiro atoms. The molecule has 0 fully saturated rings. The second-order valence-corrected chi connectivity index (χ2v) is 3.03. The maximum atomic E-state index is 11.0. The zero-order chi connectivity index (χ0) is 10.6. The number of hydrogen-bond acceptors (Lipinski definition) is 3. The number of Topliss-reactive ketones (excluding diaryl/α,β-unsaturated/α-hetero) is 2. The van der Waals surface area contributed by atoms with Gasteiger partial charge in [0.1, 0.15) is 5.75 Å². The van der Waals surface area contributed by atoms with Crippen molar-refractivity contribution in [3.05, 3.63) is 30.3 Å². The number of para-hydroxylation sites is 1. The van der Waals surface area contributed by atoms with Crippen molar-refractivity contribution in [2.24, 2.45) is 0 Å². The van der Waals surface area contributed by atoms with Crippen LogP contribution in [0.5, 0.6) is 5.75 Å². The van der Waals surface area contributed by atoms with Crippen LogP contribution in [-0.4, -0.2) is 17.7 Å². The van der Waals surface area contributed by atoms with E-state index in [0.29, 0.717) is 5.75 Å². The summed E-state index contributed by atoms with van der Waals surface area (Å²) < 4.78 is 5.24. The van der Waals surface area contributed by atoms with Gasteiger partial charge >= 0.3 is 0 Å². The number of ether oxygens (including phenoxy) is 1. The molecule has 0 unspecified atom stereocenters. The third-order valence-electron chi connectivity index (χ3n) is 1.74. The monoisotopic (exact) mass is 192 g/mol. The molecule has 0 atom stereocenters. The zero-order valence-corrected chi connectivity index (χ0v) is 8.19. The average Bonchev–Trinajstić information content (AvgIpc) is 2.15. The zero-order valence-electron chi connectivity index (χ0n) is 8.19. The van der Waals surface area contributed by atoms with Gasteiger partial charge in [0.25, 0.3) is 0 Å². The summed E-state index contributed by atoms with van der Waals surface area (Å²) in [6, 6.07) is 8.82. The molecule has 1 rings (SSSR count). The molecule has 0 aliphatic heterocycles.